The highest BCUT2D eigenvalue weighted by Crippen LogP contribution is 2.49. The zero-order valence-corrected chi connectivity index (χ0v) is 11.4. The Hall–Kier alpha value is -1.19. The van der Waals surface area contributed by atoms with Crippen LogP contribution in [0.1, 0.15) is 38.3 Å². The van der Waals surface area contributed by atoms with Gasteiger partial charge in [0.2, 0.25) is 0 Å². The van der Waals surface area contributed by atoms with E-state index in [1.807, 2.05) is 11.6 Å². The fourth-order valence-electron chi connectivity index (χ4n) is 2.99. The van der Waals surface area contributed by atoms with Crippen molar-refractivity contribution in [2.45, 2.75) is 46.1 Å². The number of hydrogen-bond acceptors (Lipinski definition) is 3. The quantitative estimate of drug-likeness (QED) is 0.813. The van der Waals surface area contributed by atoms with Crippen molar-refractivity contribution in [2.24, 2.45) is 17.8 Å². The Morgan fingerprint density at radius 3 is 2.44 bits per heavy atom. The molecule has 4 heteroatoms. The highest BCUT2D eigenvalue weighted by molar-refractivity contribution is 5.64. The van der Waals surface area contributed by atoms with Crippen molar-refractivity contribution >= 4 is 11.5 Å². The number of nitrogens with zero attached hydrogens (tertiary/aromatic N) is 2. The number of hydrogen-bond donors (Lipinski definition) is 2. The SMILES string of the molecule is CCn1nc(C)c(N)c1NCC(C1CC1)C1CC1. The third kappa shape index (κ3) is 2.20. The monoisotopic (exact) mass is 248 g/mol. The fourth-order valence-corrected chi connectivity index (χ4v) is 2.99. The Morgan fingerprint density at radius 2 is 1.94 bits per heavy atom. The molecule has 1 aromatic rings. The fraction of sp³-hybridized carbons (Fsp3) is 0.786. The van der Waals surface area contributed by atoms with Crippen molar-refractivity contribution in [2.75, 3.05) is 17.6 Å². The molecule has 0 amide bonds. The van der Waals surface area contributed by atoms with E-state index in [4.69, 9.17) is 5.73 Å². The van der Waals surface area contributed by atoms with E-state index in [0.717, 1.165) is 48.0 Å². The largest absolute Gasteiger partial charge is 0.394 e. The minimum atomic E-state index is 0.821. The molecule has 0 bridgehead atoms. The van der Waals surface area contributed by atoms with Crippen molar-refractivity contribution < 1.29 is 0 Å². The smallest absolute Gasteiger partial charge is 0.148 e. The normalized spacial score (nSPS) is 19.5. The summed E-state index contributed by atoms with van der Waals surface area (Å²) in [6, 6.07) is 0. The Morgan fingerprint density at radius 1 is 1.33 bits per heavy atom. The Labute approximate surface area is 109 Å². The van der Waals surface area contributed by atoms with Crippen LogP contribution in [-0.2, 0) is 6.54 Å². The molecule has 2 saturated carbocycles. The molecule has 2 fully saturated rings. The lowest BCUT2D eigenvalue weighted by Crippen LogP contribution is -2.20. The maximum atomic E-state index is 6.10. The van der Waals surface area contributed by atoms with Crippen molar-refractivity contribution in [1.29, 1.82) is 0 Å². The number of aromatic nitrogens is 2. The molecule has 0 aromatic carbocycles. The summed E-state index contributed by atoms with van der Waals surface area (Å²) in [5.74, 6) is 3.85. The molecule has 0 aliphatic heterocycles. The van der Waals surface area contributed by atoms with Gasteiger partial charge in [-0.05, 0) is 57.3 Å². The lowest BCUT2D eigenvalue weighted by atomic mass is 9.98. The zero-order chi connectivity index (χ0) is 12.7. The molecular formula is C14H24N4. The lowest BCUT2D eigenvalue weighted by Gasteiger charge is -2.17. The Kier molecular flexibility index (Phi) is 2.96. The third-order valence-corrected chi connectivity index (χ3v) is 4.43. The second kappa shape index (κ2) is 4.48. The predicted octanol–water partition coefficient (Wildman–Crippen LogP) is 2.64. The van der Waals surface area contributed by atoms with Crippen LogP contribution in [0, 0.1) is 24.7 Å². The van der Waals surface area contributed by atoms with E-state index >= 15 is 0 Å². The number of nitrogens with one attached hydrogen (secondary N) is 1. The summed E-state index contributed by atoms with van der Waals surface area (Å²) in [4.78, 5) is 0. The van der Waals surface area contributed by atoms with Gasteiger partial charge in [-0.1, -0.05) is 0 Å². The van der Waals surface area contributed by atoms with Crippen molar-refractivity contribution in [1.82, 2.24) is 9.78 Å². The summed E-state index contributed by atoms with van der Waals surface area (Å²) in [6.45, 7) is 6.03. The standard InChI is InChI=1S/C14H24N4/c1-3-18-14(13(15)9(2)17-18)16-8-12(10-4-5-10)11-6-7-11/h10-12,16H,3-8,15H2,1-2H3. The summed E-state index contributed by atoms with van der Waals surface area (Å²) in [6.07, 6.45) is 5.74. The number of aryl methyl sites for hydroxylation is 2. The molecule has 18 heavy (non-hydrogen) atoms. The van der Waals surface area contributed by atoms with Crippen LogP contribution in [0.15, 0.2) is 0 Å². The van der Waals surface area contributed by atoms with E-state index in [-0.39, 0.29) is 0 Å². The van der Waals surface area contributed by atoms with Crippen LogP contribution in [0.5, 0.6) is 0 Å². The van der Waals surface area contributed by atoms with E-state index in [9.17, 15) is 0 Å². The van der Waals surface area contributed by atoms with Gasteiger partial charge in [-0.15, -0.1) is 0 Å². The maximum absolute atomic E-state index is 6.10. The third-order valence-electron chi connectivity index (χ3n) is 4.43. The Balaban J connectivity index is 1.68. The molecule has 0 radical (unpaired) electrons. The first-order chi connectivity index (χ1) is 8.70. The van der Waals surface area contributed by atoms with Gasteiger partial charge in [-0.2, -0.15) is 5.10 Å². The second-order valence-electron chi connectivity index (χ2n) is 5.88. The van der Waals surface area contributed by atoms with E-state index in [1.54, 1.807) is 0 Å². The molecule has 2 aliphatic rings. The van der Waals surface area contributed by atoms with Gasteiger partial charge < -0.3 is 11.1 Å². The van der Waals surface area contributed by atoms with Crippen LogP contribution >= 0.6 is 0 Å². The molecule has 2 aliphatic carbocycles. The molecule has 100 valence electrons. The lowest BCUT2D eigenvalue weighted by molar-refractivity contribution is 0.426. The summed E-state index contributed by atoms with van der Waals surface area (Å²) in [5, 5.41) is 8.03. The molecule has 4 nitrogen and oxygen atoms in total. The molecule has 0 spiro atoms. The van der Waals surface area contributed by atoms with Crippen LogP contribution in [0.2, 0.25) is 0 Å². The van der Waals surface area contributed by atoms with Gasteiger partial charge in [0.15, 0.2) is 0 Å². The molecule has 3 rings (SSSR count). The maximum Gasteiger partial charge on any atom is 0.148 e. The van der Waals surface area contributed by atoms with Gasteiger partial charge in [0.25, 0.3) is 0 Å². The van der Waals surface area contributed by atoms with Gasteiger partial charge in [-0.25, -0.2) is 4.68 Å². The molecule has 3 N–H and O–H groups in total. The highest BCUT2D eigenvalue weighted by atomic mass is 15.3. The van der Waals surface area contributed by atoms with Crippen molar-refractivity contribution in [3.05, 3.63) is 5.69 Å². The van der Waals surface area contributed by atoms with Crippen LogP contribution in [-0.4, -0.2) is 16.3 Å². The topological polar surface area (TPSA) is 55.9 Å². The Bertz CT molecular complexity index is 417. The molecule has 1 aromatic heterocycles. The number of nitrogens with two attached hydrogens (primary N) is 1. The van der Waals surface area contributed by atoms with Crippen molar-refractivity contribution in [3.63, 3.8) is 0 Å². The first kappa shape index (κ1) is 11.9. The van der Waals surface area contributed by atoms with Crippen LogP contribution in [0.3, 0.4) is 0 Å². The number of rotatable bonds is 6. The minimum absolute atomic E-state index is 0.821. The van der Waals surface area contributed by atoms with E-state index in [0.29, 0.717) is 0 Å². The second-order valence-corrected chi connectivity index (χ2v) is 5.88. The number of nitrogen functional groups attached to an aromatic ring is 1. The average Bonchev–Trinajstić information content (AvgIpc) is 3.24. The summed E-state index contributed by atoms with van der Waals surface area (Å²) in [7, 11) is 0. The van der Waals surface area contributed by atoms with E-state index in [2.05, 4.69) is 17.3 Å². The minimum Gasteiger partial charge on any atom is -0.394 e. The van der Waals surface area contributed by atoms with Gasteiger partial charge in [-0.3, -0.25) is 0 Å². The molecule has 0 atom stereocenters. The predicted molar refractivity (Wildman–Crippen MR) is 74.5 cm³/mol. The highest BCUT2D eigenvalue weighted by Gasteiger charge is 2.41. The average molecular weight is 248 g/mol. The summed E-state index contributed by atoms with van der Waals surface area (Å²) >= 11 is 0. The van der Waals surface area contributed by atoms with Gasteiger partial charge in [0.1, 0.15) is 5.82 Å². The van der Waals surface area contributed by atoms with E-state index in [1.165, 1.54) is 25.7 Å². The van der Waals surface area contributed by atoms with Crippen LogP contribution in [0.25, 0.3) is 0 Å². The first-order valence-electron chi connectivity index (χ1n) is 7.27. The van der Waals surface area contributed by atoms with Gasteiger partial charge >= 0.3 is 0 Å². The van der Waals surface area contributed by atoms with Gasteiger partial charge in [0, 0.05) is 13.1 Å². The first-order valence-corrected chi connectivity index (χ1v) is 7.27. The molecule has 0 saturated heterocycles. The summed E-state index contributed by atoms with van der Waals surface area (Å²) in [5.41, 5.74) is 7.86. The van der Waals surface area contributed by atoms with E-state index < -0.39 is 0 Å². The van der Waals surface area contributed by atoms with Crippen LogP contribution < -0.4 is 11.1 Å². The molecule has 0 unspecified atom stereocenters. The van der Waals surface area contributed by atoms with Gasteiger partial charge in [0.05, 0.1) is 11.4 Å². The number of anilines is 2. The van der Waals surface area contributed by atoms with Crippen molar-refractivity contribution in [3.8, 4) is 0 Å². The summed E-state index contributed by atoms with van der Waals surface area (Å²) < 4.78 is 1.99. The molecule has 1 heterocycles. The van der Waals surface area contributed by atoms with Crippen LogP contribution in [0.4, 0.5) is 11.5 Å². The zero-order valence-electron chi connectivity index (χ0n) is 11.4. The molecular weight excluding hydrogens is 224 g/mol.